The van der Waals surface area contributed by atoms with Gasteiger partial charge in [0.25, 0.3) is 0 Å². The van der Waals surface area contributed by atoms with Crippen LogP contribution in [0, 0.1) is 11.3 Å². The third-order valence-electron chi connectivity index (χ3n) is 6.36. The summed E-state index contributed by atoms with van der Waals surface area (Å²) < 4.78 is 0. The Hall–Kier alpha value is -0.0800. The van der Waals surface area contributed by atoms with Crippen LogP contribution >= 0.6 is 0 Å². The van der Waals surface area contributed by atoms with E-state index in [9.17, 15) is 0 Å². The summed E-state index contributed by atoms with van der Waals surface area (Å²) in [5, 5.41) is 3.51. The van der Waals surface area contributed by atoms with Crippen LogP contribution in [0.4, 0.5) is 0 Å². The fraction of sp³-hybridized carbons (Fsp3) is 1.00. The maximum absolute atomic E-state index is 3.51. The molecule has 116 valence electrons. The van der Waals surface area contributed by atoms with Gasteiger partial charge in [0.1, 0.15) is 0 Å². The molecular weight excluding hydrogens is 244 g/mol. The molecule has 0 bridgehead atoms. The minimum atomic E-state index is 0.590. The van der Waals surface area contributed by atoms with Gasteiger partial charge >= 0.3 is 0 Å². The molecule has 20 heavy (non-hydrogen) atoms. The van der Waals surface area contributed by atoms with Crippen LogP contribution in [0.5, 0.6) is 0 Å². The zero-order chi connectivity index (χ0) is 13.8. The van der Waals surface area contributed by atoms with Crippen LogP contribution in [0.15, 0.2) is 0 Å². The summed E-state index contributed by atoms with van der Waals surface area (Å²) in [6.07, 6.45) is 16.3. The van der Waals surface area contributed by atoms with Gasteiger partial charge in [-0.2, -0.15) is 0 Å². The van der Waals surface area contributed by atoms with E-state index < -0.39 is 0 Å². The van der Waals surface area contributed by atoms with Crippen molar-refractivity contribution in [3.63, 3.8) is 0 Å². The molecule has 2 heteroatoms. The highest BCUT2D eigenvalue weighted by Gasteiger charge is 2.39. The van der Waals surface area contributed by atoms with Gasteiger partial charge in [0.15, 0.2) is 0 Å². The Labute approximate surface area is 125 Å². The van der Waals surface area contributed by atoms with Gasteiger partial charge in [0, 0.05) is 19.1 Å². The standard InChI is InChI=1S/C18H34N2/c1-19-14-18(11-5-2-6-12-18)15-20-13-7-9-16-8-3-4-10-17(16)20/h16-17,19H,2-15H2,1H3/t16-,17-/m1/s1. The summed E-state index contributed by atoms with van der Waals surface area (Å²) in [5.41, 5.74) is 0.590. The molecule has 2 nitrogen and oxygen atoms in total. The van der Waals surface area contributed by atoms with Gasteiger partial charge in [0.2, 0.25) is 0 Å². The van der Waals surface area contributed by atoms with Gasteiger partial charge in [-0.3, -0.25) is 4.90 Å². The smallest absolute Gasteiger partial charge is 0.0124 e. The molecule has 1 heterocycles. The first-order valence-electron chi connectivity index (χ1n) is 9.22. The predicted octanol–water partition coefficient (Wildman–Crippen LogP) is 3.81. The van der Waals surface area contributed by atoms with Gasteiger partial charge in [-0.15, -0.1) is 0 Å². The van der Waals surface area contributed by atoms with Crippen molar-refractivity contribution >= 4 is 0 Å². The Morgan fingerprint density at radius 2 is 1.70 bits per heavy atom. The molecule has 3 fully saturated rings. The molecule has 2 saturated carbocycles. The Morgan fingerprint density at radius 1 is 0.950 bits per heavy atom. The fourth-order valence-electron chi connectivity index (χ4n) is 5.42. The number of piperidine rings is 1. The van der Waals surface area contributed by atoms with Gasteiger partial charge in [-0.1, -0.05) is 32.1 Å². The normalized spacial score (nSPS) is 34.6. The summed E-state index contributed by atoms with van der Waals surface area (Å²) in [7, 11) is 2.15. The van der Waals surface area contributed by atoms with Gasteiger partial charge in [0.05, 0.1) is 0 Å². The van der Waals surface area contributed by atoms with Crippen LogP contribution in [0.1, 0.15) is 70.6 Å². The minimum Gasteiger partial charge on any atom is -0.319 e. The topological polar surface area (TPSA) is 15.3 Å². The fourth-order valence-corrected chi connectivity index (χ4v) is 5.42. The maximum atomic E-state index is 3.51. The van der Waals surface area contributed by atoms with Crippen molar-refractivity contribution in [3.8, 4) is 0 Å². The van der Waals surface area contributed by atoms with E-state index in [-0.39, 0.29) is 0 Å². The highest BCUT2D eigenvalue weighted by molar-refractivity contribution is 4.93. The van der Waals surface area contributed by atoms with E-state index in [0.29, 0.717) is 5.41 Å². The molecule has 0 spiro atoms. The molecular formula is C18H34N2. The van der Waals surface area contributed by atoms with Crippen LogP contribution in [0.25, 0.3) is 0 Å². The van der Waals surface area contributed by atoms with Crippen molar-refractivity contribution in [3.05, 3.63) is 0 Å². The molecule has 3 rings (SSSR count). The molecule has 1 N–H and O–H groups in total. The minimum absolute atomic E-state index is 0.590. The Balaban J connectivity index is 1.66. The highest BCUT2D eigenvalue weighted by Crippen LogP contribution is 2.41. The van der Waals surface area contributed by atoms with Crippen molar-refractivity contribution in [1.29, 1.82) is 0 Å². The van der Waals surface area contributed by atoms with Crippen molar-refractivity contribution < 1.29 is 0 Å². The zero-order valence-corrected chi connectivity index (χ0v) is 13.5. The zero-order valence-electron chi connectivity index (χ0n) is 13.5. The second kappa shape index (κ2) is 6.79. The first-order valence-corrected chi connectivity index (χ1v) is 9.22. The van der Waals surface area contributed by atoms with Crippen molar-refractivity contribution in [2.45, 2.75) is 76.7 Å². The lowest BCUT2D eigenvalue weighted by atomic mass is 9.71. The largest absolute Gasteiger partial charge is 0.319 e. The molecule has 0 aromatic rings. The third-order valence-corrected chi connectivity index (χ3v) is 6.36. The Morgan fingerprint density at radius 3 is 2.50 bits per heavy atom. The third kappa shape index (κ3) is 3.22. The molecule has 2 atom stereocenters. The number of fused-ring (bicyclic) bond motifs is 1. The molecule has 2 aliphatic carbocycles. The Bertz CT molecular complexity index is 288. The molecule has 1 aliphatic heterocycles. The van der Waals surface area contributed by atoms with Gasteiger partial charge in [-0.25, -0.2) is 0 Å². The van der Waals surface area contributed by atoms with Crippen LogP contribution in [0.3, 0.4) is 0 Å². The number of nitrogens with one attached hydrogen (secondary N) is 1. The van der Waals surface area contributed by atoms with Crippen molar-refractivity contribution in [2.24, 2.45) is 11.3 Å². The lowest BCUT2D eigenvalue weighted by Crippen LogP contribution is -2.53. The van der Waals surface area contributed by atoms with Crippen molar-refractivity contribution in [1.82, 2.24) is 10.2 Å². The average Bonchev–Trinajstić information content (AvgIpc) is 2.49. The van der Waals surface area contributed by atoms with E-state index in [0.717, 1.165) is 12.0 Å². The van der Waals surface area contributed by atoms with Crippen LogP contribution in [-0.2, 0) is 0 Å². The van der Waals surface area contributed by atoms with Crippen LogP contribution < -0.4 is 5.32 Å². The summed E-state index contributed by atoms with van der Waals surface area (Å²) >= 11 is 0. The number of hydrogen-bond acceptors (Lipinski definition) is 2. The second-order valence-electron chi connectivity index (χ2n) is 7.82. The molecule has 0 radical (unpaired) electrons. The van der Waals surface area contributed by atoms with Crippen LogP contribution in [-0.4, -0.2) is 37.6 Å². The predicted molar refractivity (Wildman–Crippen MR) is 86.0 cm³/mol. The molecule has 1 saturated heterocycles. The first-order chi connectivity index (χ1) is 9.83. The summed E-state index contributed by atoms with van der Waals surface area (Å²) in [4.78, 5) is 2.93. The molecule has 0 unspecified atom stereocenters. The highest BCUT2D eigenvalue weighted by atomic mass is 15.2. The van der Waals surface area contributed by atoms with E-state index in [1.165, 1.54) is 90.3 Å². The summed E-state index contributed by atoms with van der Waals surface area (Å²) in [6, 6.07) is 0.938. The number of rotatable bonds is 4. The van der Waals surface area contributed by atoms with E-state index in [4.69, 9.17) is 0 Å². The first kappa shape index (κ1) is 14.8. The number of nitrogens with zero attached hydrogens (tertiary/aromatic N) is 1. The summed E-state index contributed by atoms with van der Waals surface area (Å²) in [6.45, 7) is 4.00. The van der Waals surface area contributed by atoms with E-state index in [1.54, 1.807) is 0 Å². The van der Waals surface area contributed by atoms with Crippen LogP contribution in [0.2, 0.25) is 0 Å². The van der Waals surface area contributed by atoms with Crippen molar-refractivity contribution in [2.75, 3.05) is 26.7 Å². The molecule has 0 aromatic heterocycles. The SMILES string of the molecule is CNCC1(CN2CCC[C@H]3CCCC[C@H]32)CCCCC1. The quantitative estimate of drug-likeness (QED) is 0.841. The number of likely N-dealkylation sites (tertiary alicyclic amines) is 1. The van der Waals surface area contributed by atoms with E-state index in [2.05, 4.69) is 17.3 Å². The van der Waals surface area contributed by atoms with E-state index >= 15 is 0 Å². The molecule has 3 aliphatic rings. The lowest BCUT2D eigenvalue weighted by Gasteiger charge is -2.49. The lowest BCUT2D eigenvalue weighted by molar-refractivity contribution is 0.0111. The molecule has 0 amide bonds. The monoisotopic (exact) mass is 278 g/mol. The molecule has 0 aromatic carbocycles. The maximum Gasteiger partial charge on any atom is 0.0124 e. The van der Waals surface area contributed by atoms with Gasteiger partial charge in [-0.05, 0) is 63.5 Å². The van der Waals surface area contributed by atoms with Gasteiger partial charge < -0.3 is 5.32 Å². The summed E-state index contributed by atoms with van der Waals surface area (Å²) in [5.74, 6) is 1.03. The second-order valence-corrected chi connectivity index (χ2v) is 7.82. The Kier molecular flexibility index (Phi) is 5.04. The average molecular weight is 278 g/mol. The van der Waals surface area contributed by atoms with E-state index in [1.807, 2.05) is 0 Å². The number of hydrogen-bond donors (Lipinski definition) is 1.